The molecule has 0 amide bonds. The predicted octanol–water partition coefficient (Wildman–Crippen LogP) is 1.66. The van der Waals surface area contributed by atoms with Gasteiger partial charge < -0.3 is 20.5 Å². The van der Waals surface area contributed by atoms with Gasteiger partial charge in [-0.15, -0.1) is 0 Å². The number of hydrogen-bond donors (Lipinski definition) is 2. The Morgan fingerprint density at radius 2 is 2.11 bits per heavy atom. The van der Waals surface area contributed by atoms with Crippen molar-refractivity contribution in [3.05, 3.63) is 12.1 Å². The summed E-state index contributed by atoms with van der Waals surface area (Å²) in [4.78, 5) is 6.30. The van der Waals surface area contributed by atoms with Gasteiger partial charge in [0.25, 0.3) is 0 Å². The van der Waals surface area contributed by atoms with Crippen molar-refractivity contribution in [3.63, 3.8) is 0 Å². The van der Waals surface area contributed by atoms with Crippen molar-refractivity contribution in [3.8, 4) is 5.88 Å². The number of hydrogen-bond acceptors (Lipinski definition) is 5. The molecule has 0 aromatic carbocycles. The lowest BCUT2D eigenvalue weighted by Gasteiger charge is -2.35. The number of nitrogens with two attached hydrogens (primary N) is 1. The lowest BCUT2D eigenvalue weighted by atomic mass is 10.1. The van der Waals surface area contributed by atoms with Crippen molar-refractivity contribution in [1.29, 1.82) is 0 Å². The van der Waals surface area contributed by atoms with E-state index in [9.17, 15) is 5.11 Å². The third-order valence-electron chi connectivity index (χ3n) is 2.96. The fraction of sp³-hybridized carbons (Fsp3) is 0.615. The van der Waals surface area contributed by atoms with E-state index < -0.39 is 0 Å². The summed E-state index contributed by atoms with van der Waals surface area (Å²) in [5.74, 6) is 1.18. The quantitative estimate of drug-likeness (QED) is 0.806. The van der Waals surface area contributed by atoms with Crippen LogP contribution >= 0.6 is 0 Å². The van der Waals surface area contributed by atoms with Gasteiger partial charge in [0.2, 0.25) is 5.88 Å². The number of rotatable bonds is 6. The molecule has 0 radical (unpaired) electrons. The van der Waals surface area contributed by atoms with E-state index in [0.29, 0.717) is 18.2 Å². The topological polar surface area (TPSA) is 71.6 Å². The Hall–Kier alpha value is -1.49. The Morgan fingerprint density at radius 1 is 1.44 bits per heavy atom. The average molecular weight is 253 g/mol. The molecular weight excluding hydrogens is 230 g/mol. The number of nitrogen functional groups attached to an aromatic ring is 1. The highest BCUT2D eigenvalue weighted by Crippen LogP contribution is 2.26. The van der Waals surface area contributed by atoms with E-state index in [1.807, 2.05) is 38.8 Å². The summed E-state index contributed by atoms with van der Waals surface area (Å²) >= 11 is 0. The molecule has 1 heterocycles. The van der Waals surface area contributed by atoms with E-state index in [2.05, 4.69) is 4.98 Å². The maximum atomic E-state index is 9.37. The summed E-state index contributed by atoms with van der Waals surface area (Å²) in [5.41, 5.74) is 5.96. The third kappa shape index (κ3) is 3.26. The van der Waals surface area contributed by atoms with E-state index in [4.69, 9.17) is 10.5 Å². The number of nitrogens with zero attached hydrogens (tertiary/aromatic N) is 2. The number of aliphatic hydroxyl groups excluding tert-OH is 1. The van der Waals surface area contributed by atoms with Crippen molar-refractivity contribution in [2.75, 3.05) is 30.9 Å². The third-order valence-corrected chi connectivity index (χ3v) is 2.96. The molecule has 0 aliphatic heterocycles. The normalized spacial score (nSPS) is 11.4. The molecule has 1 rings (SSSR count). The van der Waals surface area contributed by atoms with Gasteiger partial charge in [0.15, 0.2) is 0 Å². The van der Waals surface area contributed by atoms with E-state index >= 15 is 0 Å². The van der Waals surface area contributed by atoms with Crippen LogP contribution in [0.15, 0.2) is 12.1 Å². The fourth-order valence-electron chi connectivity index (χ4n) is 1.36. The Morgan fingerprint density at radius 3 is 2.67 bits per heavy atom. The number of pyridine rings is 1. The summed E-state index contributed by atoms with van der Waals surface area (Å²) in [6.45, 7) is 6.55. The van der Waals surface area contributed by atoms with Gasteiger partial charge in [-0.1, -0.05) is 6.92 Å². The number of ether oxygens (including phenoxy) is 1. The molecule has 5 nitrogen and oxygen atoms in total. The molecular formula is C13H23N3O2. The molecule has 5 heteroatoms. The molecule has 0 spiro atoms. The molecule has 3 N–H and O–H groups in total. The molecule has 0 fully saturated rings. The van der Waals surface area contributed by atoms with Gasteiger partial charge in [-0.3, -0.25) is 0 Å². The molecule has 18 heavy (non-hydrogen) atoms. The summed E-state index contributed by atoms with van der Waals surface area (Å²) in [5, 5.41) is 9.37. The molecule has 0 atom stereocenters. The lowest BCUT2D eigenvalue weighted by molar-refractivity contribution is 0.215. The summed E-state index contributed by atoms with van der Waals surface area (Å²) in [7, 11) is 1.89. The van der Waals surface area contributed by atoms with Crippen LogP contribution in [0, 0.1) is 0 Å². The predicted molar refractivity (Wildman–Crippen MR) is 74.0 cm³/mol. The average Bonchev–Trinajstić information content (AvgIpc) is 2.37. The summed E-state index contributed by atoms with van der Waals surface area (Å²) < 4.78 is 5.50. The molecule has 0 aliphatic rings. The Labute approximate surface area is 109 Å². The highest BCUT2D eigenvalue weighted by atomic mass is 16.5. The van der Waals surface area contributed by atoms with Crippen LogP contribution in [0.25, 0.3) is 0 Å². The highest BCUT2D eigenvalue weighted by Gasteiger charge is 2.24. The van der Waals surface area contributed by atoms with Gasteiger partial charge in [-0.2, -0.15) is 4.98 Å². The lowest BCUT2D eigenvalue weighted by Crippen LogP contribution is -2.44. The van der Waals surface area contributed by atoms with Crippen LogP contribution in [0.2, 0.25) is 0 Å². The first-order chi connectivity index (χ1) is 8.42. The molecule has 0 saturated carbocycles. The number of aromatic nitrogens is 1. The Bertz CT molecular complexity index is 394. The minimum atomic E-state index is -0.384. The Balaban J connectivity index is 2.97. The van der Waals surface area contributed by atoms with Crippen LogP contribution in [0.5, 0.6) is 5.88 Å². The smallest absolute Gasteiger partial charge is 0.239 e. The Kier molecular flexibility index (Phi) is 4.78. The van der Waals surface area contributed by atoms with Gasteiger partial charge in [-0.05, 0) is 32.4 Å². The first kappa shape index (κ1) is 14.6. The molecule has 1 aromatic rings. The van der Waals surface area contributed by atoms with Gasteiger partial charge >= 0.3 is 0 Å². The second-order valence-electron chi connectivity index (χ2n) is 4.94. The molecule has 0 aliphatic carbocycles. The van der Waals surface area contributed by atoms with Crippen molar-refractivity contribution in [1.82, 2.24) is 4.98 Å². The minimum absolute atomic E-state index is 0.0424. The number of anilines is 2. The van der Waals surface area contributed by atoms with Crippen LogP contribution in [0.4, 0.5) is 11.5 Å². The highest BCUT2D eigenvalue weighted by molar-refractivity contribution is 5.55. The maximum Gasteiger partial charge on any atom is 0.239 e. The van der Waals surface area contributed by atoms with Gasteiger partial charge in [0.05, 0.1) is 24.4 Å². The van der Waals surface area contributed by atoms with Crippen molar-refractivity contribution in [2.45, 2.75) is 32.7 Å². The molecule has 0 saturated heterocycles. The molecule has 0 bridgehead atoms. The number of aliphatic hydroxyl groups is 1. The van der Waals surface area contributed by atoms with Crippen LogP contribution < -0.4 is 15.4 Å². The second-order valence-corrected chi connectivity index (χ2v) is 4.94. The fourth-order valence-corrected chi connectivity index (χ4v) is 1.36. The molecule has 102 valence electrons. The van der Waals surface area contributed by atoms with Crippen LogP contribution in [-0.4, -0.2) is 35.9 Å². The second kappa shape index (κ2) is 5.91. The maximum absolute atomic E-state index is 9.37. The van der Waals surface area contributed by atoms with Crippen LogP contribution in [0.1, 0.15) is 27.2 Å². The van der Waals surface area contributed by atoms with Crippen LogP contribution in [-0.2, 0) is 0 Å². The standard InChI is InChI=1S/C13H23N3O2/c1-5-8-18-12-10(14)6-7-11(15-12)16(4)13(2,3)9-17/h6-7,17H,5,8-9,14H2,1-4H3. The van der Waals surface area contributed by atoms with E-state index in [1.54, 1.807) is 6.07 Å². The zero-order valence-corrected chi connectivity index (χ0v) is 11.6. The molecule has 0 unspecified atom stereocenters. The van der Waals surface area contributed by atoms with Gasteiger partial charge in [-0.25, -0.2) is 0 Å². The minimum Gasteiger partial charge on any atom is -0.476 e. The van der Waals surface area contributed by atoms with Gasteiger partial charge in [0.1, 0.15) is 5.82 Å². The van der Waals surface area contributed by atoms with Crippen molar-refractivity contribution >= 4 is 11.5 Å². The van der Waals surface area contributed by atoms with Crippen LogP contribution in [0.3, 0.4) is 0 Å². The number of likely N-dealkylation sites (N-methyl/N-ethyl adjacent to an activating group) is 1. The largest absolute Gasteiger partial charge is 0.476 e. The monoisotopic (exact) mass is 253 g/mol. The first-order valence-corrected chi connectivity index (χ1v) is 6.16. The zero-order valence-electron chi connectivity index (χ0n) is 11.6. The zero-order chi connectivity index (χ0) is 13.8. The first-order valence-electron chi connectivity index (χ1n) is 6.16. The summed E-state index contributed by atoms with van der Waals surface area (Å²) in [6, 6.07) is 3.60. The summed E-state index contributed by atoms with van der Waals surface area (Å²) in [6.07, 6.45) is 0.906. The van der Waals surface area contributed by atoms with Crippen molar-refractivity contribution < 1.29 is 9.84 Å². The molecule has 1 aromatic heterocycles. The van der Waals surface area contributed by atoms with E-state index in [0.717, 1.165) is 12.2 Å². The van der Waals surface area contributed by atoms with E-state index in [1.165, 1.54) is 0 Å². The van der Waals surface area contributed by atoms with Crippen molar-refractivity contribution in [2.24, 2.45) is 0 Å². The van der Waals surface area contributed by atoms with E-state index in [-0.39, 0.29) is 12.1 Å². The SMILES string of the molecule is CCCOc1nc(N(C)C(C)(C)CO)ccc1N. The van der Waals surface area contributed by atoms with Gasteiger partial charge in [0, 0.05) is 7.05 Å².